The van der Waals surface area contributed by atoms with Crippen LogP contribution in [0.25, 0.3) is 0 Å². The molecule has 0 aromatic heterocycles. The molecule has 108 valence electrons. The fourth-order valence-corrected chi connectivity index (χ4v) is 3.06. The van der Waals surface area contributed by atoms with Crippen LogP contribution in [0.4, 0.5) is 0 Å². The summed E-state index contributed by atoms with van der Waals surface area (Å²) in [5.74, 6) is 0.361. The van der Waals surface area contributed by atoms with Crippen molar-refractivity contribution in [1.29, 1.82) is 0 Å². The quantitative estimate of drug-likeness (QED) is 0.783. The molecule has 2 N–H and O–H groups in total. The van der Waals surface area contributed by atoms with Crippen LogP contribution in [0.1, 0.15) is 39.0 Å². The predicted octanol–water partition coefficient (Wildman–Crippen LogP) is 1.09. The van der Waals surface area contributed by atoms with Gasteiger partial charge >= 0.3 is 5.97 Å². The van der Waals surface area contributed by atoms with E-state index in [2.05, 4.69) is 12.2 Å². The van der Waals surface area contributed by atoms with Gasteiger partial charge in [-0.05, 0) is 37.5 Å². The fraction of sp³-hybridized carbons (Fsp3) is 0.857. The first kappa shape index (κ1) is 14.3. The van der Waals surface area contributed by atoms with Crippen molar-refractivity contribution in [2.45, 2.75) is 45.1 Å². The predicted molar refractivity (Wildman–Crippen MR) is 71.7 cm³/mol. The number of amides is 1. The lowest BCUT2D eigenvalue weighted by atomic mass is 9.87. The highest BCUT2D eigenvalue weighted by Crippen LogP contribution is 2.23. The highest BCUT2D eigenvalue weighted by atomic mass is 16.4. The molecule has 5 nitrogen and oxygen atoms in total. The molecule has 2 fully saturated rings. The molecular weight excluding hydrogens is 244 g/mol. The second-order valence-corrected chi connectivity index (χ2v) is 6.18. The van der Waals surface area contributed by atoms with Gasteiger partial charge in [0, 0.05) is 19.1 Å². The SMILES string of the molecule is CC1CCC(NC(=O)CN2CC(CC(=O)O)C2)CC1. The average molecular weight is 268 g/mol. The smallest absolute Gasteiger partial charge is 0.303 e. The van der Waals surface area contributed by atoms with Gasteiger partial charge in [-0.2, -0.15) is 0 Å². The molecule has 1 aliphatic carbocycles. The number of carboxylic acids is 1. The van der Waals surface area contributed by atoms with E-state index in [1.54, 1.807) is 0 Å². The van der Waals surface area contributed by atoms with Gasteiger partial charge in [0.2, 0.25) is 5.91 Å². The standard InChI is InChI=1S/C14H24N2O3/c1-10-2-4-12(5-3-10)15-13(17)9-16-7-11(8-16)6-14(18)19/h10-12H,2-9H2,1H3,(H,15,17)(H,18,19). The van der Waals surface area contributed by atoms with Crippen LogP contribution in [0.5, 0.6) is 0 Å². The molecule has 2 aliphatic rings. The summed E-state index contributed by atoms with van der Waals surface area (Å²) in [5.41, 5.74) is 0. The molecule has 0 atom stereocenters. The van der Waals surface area contributed by atoms with Gasteiger partial charge in [0.1, 0.15) is 0 Å². The molecule has 1 saturated heterocycles. The van der Waals surface area contributed by atoms with Gasteiger partial charge < -0.3 is 10.4 Å². The molecule has 0 unspecified atom stereocenters. The molecular formula is C14H24N2O3. The number of carbonyl (C=O) groups is 2. The van der Waals surface area contributed by atoms with Crippen molar-refractivity contribution in [3.8, 4) is 0 Å². The summed E-state index contributed by atoms with van der Waals surface area (Å²) in [5, 5.41) is 11.8. The number of aliphatic carboxylic acids is 1. The van der Waals surface area contributed by atoms with E-state index < -0.39 is 5.97 Å². The van der Waals surface area contributed by atoms with Crippen LogP contribution in [0.2, 0.25) is 0 Å². The Labute approximate surface area is 114 Å². The normalized spacial score (nSPS) is 28.7. The van der Waals surface area contributed by atoms with Gasteiger partial charge in [0.05, 0.1) is 13.0 Å². The molecule has 0 spiro atoms. The summed E-state index contributed by atoms with van der Waals surface area (Å²) in [4.78, 5) is 24.4. The van der Waals surface area contributed by atoms with E-state index in [4.69, 9.17) is 5.11 Å². The molecule has 1 saturated carbocycles. The maximum Gasteiger partial charge on any atom is 0.303 e. The minimum Gasteiger partial charge on any atom is -0.481 e. The van der Waals surface area contributed by atoms with E-state index in [0.717, 1.165) is 31.8 Å². The Morgan fingerprint density at radius 3 is 2.42 bits per heavy atom. The lowest BCUT2D eigenvalue weighted by Gasteiger charge is -2.38. The number of likely N-dealkylation sites (tertiary alicyclic amines) is 1. The summed E-state index contributed by atoms with van der Waals surface area (Å²) >= 11 is 0. The number of carboxylic acid groups (broad SMARTS) is 1. The van der Waals surface area contributed by atoms with Gasteiger partial charge in [-0.15, -0.1) is 0 Å². The summed E-state index contributed by atoms with van der Waals surface area (Å²) in [6, 6.07) is 0.347. The second kappa shape index (κ2) is 6.37. The summed E-state index contributed by atoms with van der Waals surface area (Å²) in [6.07, 6.45) is 4.81. The van der Waals surface area contributed by atoms with Gasteiger partial charge in [-0.3, -0.25) is 14.5 Å². The van der Waals surface area contributed by atoms with Gasteiger partial charge in [0.15, 0.2) is 0 Å². The van der Waals surface area contributed by atoms with Crippen LogP contribution >= 0.6 is 0 Å². The monoisotopic (exact) mass is 268 g/mol. The number of carbonyl (C=O) groups excluding carboxylic acids is 1. The number of rotatable bonds is 5. The second-order valence-electron chi connectivity index (χ2n) is 6.18. The zero-order chi connectivity index (χ0) is 13.8. The van der Waals surface area contributed by atoms with Crippen LogP contribution in [0, 0.1) is 11.8 Å². The summed E-state index contributed by atoms with van der Waals surface area (Å²) < 4.78 is 0. The van der Waals surface area contributed by atoms with Crippen molar-refractivity contribution in [3.63, 3.8) is 0 Å². The first-order valence-electron chi connectivity index (χ1n) is 7.26. The third kappa shape index (κ3) is 4.49. The van der Waals surface area contributed by atoms with E-state index in [1.807, 2.05) is 4.90 Å². The molecule has 0 aromatic rings. The first-order chi connectivity index (χ1) is 9.02. The zero-order valence-electron chi connectivity index (χ0n) is 11.6. The number of hydrogen-bond acceptors (Lipinski definition) is 3. The van der Waals surface area contributed by atoms with E-state index >= 15 is 0 Å². The molecule has 1 amide bonds. The maximum absolute atomic E-state index is 11.9. The van der Waals surface area contributed by atoms with E-state index in [0.29, 0.717) is 12.6 Å². The Bertz CT molecular complexity index is 332. The van der Waals surface area contributed by atoms with Crippen molar-refractivity contribution >= 4 is 11.9 Å². The van der Waals surface area contributed by atoms with E-state index in [1.165, 1.54) is 12.8 Å². The zero-order valence-corrected chi connectivity index (χ0v) is 11.6. The Kier molecular flexibility index (Phi) is 4.80. The number of hydrogen-bond donors (Lipinski definition) is 2. The Morgan fingerprint density at radius 1 is 1.21 bits per heavy atom. The minimum absolute atomic E-state index is 0.0910. The van der Waals surface area contributed by atoms with Crippen LogP contribution in [-0.2, 0) is 9.59 Å². The average Bonchev–Trinajstić information content (AvgIpc) is 2.29. The van der Waals surface area contributed by atoms with E-state index in [-0.39, 0.29) is 18.2 Å². The Balaban J connectivity index is 1.59. The summed E-state index contributed by atoms with van der Waals surface area (Å²) in [6.45, 7) is 4.16. The molecule has 0 bridgehead atoms. The third-order valence-corrected chi connectivity index (χ3v) is 4.24. The molecule has 1 aliphatic heterocycles. The molecule has 19 heavy (non-hydrogen) atoms. The van der Waals surface area contributed by atoms with Crippen molar-refractivity contribution in [2.75, 3.05) is 19.6 Å². The van der Waals surface area contributed by atoms with E-state index in [9.17, 15) is 9.59 Å². The highest BCUT2D eigenvalue weighted by Gasteiger charge is 2.30. The molecule has 2 rings (SSSR count). The maximum atomic E-state index is 11.9. The van der Waals surface area contributed by atoms with Crippen molar-refractivity contribution < 1.29 is 14.7 Å². The van der Waals surface area contributed by atoms with Crippen LogP contribution in [0.3, 0.4) is 0 Å². The van der Waals surface area contributed by atoms with Gasteiger partial charge in [-0.25, -0.2) is 0 Å². The van der Waals surface area contributed by atoms with Crippen molar-refractivity contribution in [1.82, 2.24) is 10.2 Å². The topological polar surface area (TPSA) is 69.6 Å². The highest BCUT2D eigenvalue weighted by molar-refractivity contribution is 5.78. The molecule has 0 radical (unpaired) electrons. The van der Waals surface area contributed by atoms with Gasteiger partial charge in [0.25, 0.3) is 0 Å². The van der Waals surface area contributed by atoms with Crippen molar-refractivity contribution in [2.24, 2.45) is 11.8 Å². The lowest BCUT2D eigenvalue weighted by Crippen LogP contribution is -2.52. The Hall–Kier alpha value is -1.10. The number of nitrogens with one attached hydrogen (secondary N) is 1. The Morgan fingerprint density at radius 2 is 1.84 bits per heavy atom. The molecule has 0 aromatic carbocycles. The van der Waals surface area contributed by atoms with Crippen LogP contribution in [0.15, 0.2) is 0 Å². The minimum atomic E-state index is -0.745. The van der Waals surface area contributed by atoms with Gasteiger partial charge in [-0.1, -0.05) is 6.92 Å². The summed E-state index contributed by atoms with van der Waals surface area (Å²) in [7, 11) is 0. The first-order valence-corrected chi connectivity index (χ1v) is 7.26. The lowest BCUT2D eigenvalue weighted by molar-refractivity contribution is -0.139. The molecule has 1 heterocycles. The van der Waals surface area contributed by atoms with Crippen molar-refractivity contribution in [3.05, 3.63) is 0 Å². The van der Waals surface area contributed by atoms with Crippen LogP contribution < -0.4 is 5.32 Å². The third-order valence-electron chi connectivity index (χ3n) is 4.24. The van der Waals surface area contributed by atoms with Crippen LogP contribution in [-0.4, -0.2) is 47.6 Å². The molecule has 5 heteroatoms. The number of nitrogens with zero attached hydrogens (tertiary/aromatic N) is 1. The largest absolute Gasteiger partial charge is 0.481 e. The fourth-order valence-electron chi connectivity index (χ4n) is 3.06.